The highest BCUT2D eigenvalue weighted by Gasteiger charge is 2.30. The SMILES string of the molecule is C=C1NC[C@H](C)Oc2ccc(F)cc2CN2c3nc4c1cnn4cc3OC[C@H]2CC. The van der Waals surface area contributed by atoms with Crippen molar-refractivity contribution in [1.82, 2.24) is 19.9 Å². The zero-order valence-electron chi connectivity index (χ0n) is 17.1. The zero-order chi connectivity index (χ0) is 20.8. The average Bonchev–Trinajstić information content (AvgIpc) is 3.15. The first-order valence-corrected chi connectivity index (χ1v) is 10.2. The molecule has 5 rings (SSSR count). The summed E-state index contributed by atoms with van der Waals surface area (Å²) < 4.78 is 28.0. The van der Waals surface area contributed by atoms with Gasteiger partial charge in [-0.25, -0.2) is 13.9 Å². The molecule has 0 aliphatic carbocycles. The Hall–Kier alpha value is -3.29. The molecule has 8 heteroatoms. The molecule has 2 bridgehead atoms. The molecular weight excluding hydrogens is 385 g/mol. The number of nitrogens with one attached hydrogen (secondary N) is 1. The summed E-state index contributed by atoms with van der Waals surface area (Å²) in [5.74, 6) is 1.76. The van der Waals surface area contributed by atoms with Crippen LogP contribution < -0.4 is 19.7 Å². The van der Waals surface area contributed by atoms with Crippen LogP contribution in [0.3, 0.4) is 0 Å². The Morgan fingerprint density at radius 3 is 3.03 bits per heavy atom. The Morgan fingerprint density at radius 1 is 1.33 bits per heavy atom. The molecule has 4 heterocycles. The van der Waals surface area contributed by atoms with Crippen molar-refractivity contribution >= 4 is 17.2 Å². The summed E-state index contributed by atoms with van der Waals surface area (Å²) in [7, 11) is 0. The molecule has 0 saturated heterocycles. The zero-order valence-corrected chi connectivity index (χ0v) is 17.1. The van der Waals surface area contributed by atoms with E-state index in [1.54, 1.807) is 22.8 Å². The molecule has 2 aliphatic heterocycles. The normalized spacial score (nSPS) is 21.0. The molecule has 2 aromatic heterocycles. The van der Waals surface area contributed by atoms with Gasteiger partial charge in [0.05, 0.1) is 30.5 Å². The van der Waals surface area contributed by atoms with Crippen LogP contribution in [0.25, 0.3) is 11.3 Å². The number of benzene rings is 1. The molecule has 0 saturated carbocycles. The smallest absolute Gasteiger partial charge is 0.180 e. The number of rotatable bonds is 1. The highest BCUT2D eigenvalue weighted by molar-refractivity contribution is 5.75. The number of ether oxygens (including phenoxy) is 2. The molecule has 1 aromatic carbocycles. The highest BCUT2D eigenvalue weighted by atomic mass is 19.1. The van der Waals surface area contributed by atoms with E-state index < -0.39 is 0 Å². The topological polar surface area (TPSA) is 63.9 Å². The minimum Gasteiger partial charge on any atom is -0.489 e. The molecule has 0 unspecified atom stereocenters. The minimum absolute atomic E-state index is 0.110. The predicted octanol–water partition coefficient (Wildman–Crippen LogP) is 3.39. The van der Waals surface area contributed by atoms with E-state index in [9.17, 15) is 4.39 Å². The van der Waals surface area contributed by atoms with Crippen LogP contribution in [0.2, 0.25) is 0 Å². The number of fused-ring (bicyclic) bond motifs is 1. The van der Waals surface area contributed by atoms with Crippen LogP contribution in [0.4, 0.5) is 10.2 Å². The second-order valence-electron chi connectivity index (χ2n) is 7.80. The van der Waals surface area contributed by atoms with E-state index in [-0.39, 0.29) is 18.0 Å². The lowest BCUT2D eigenvalue weighted by molar-refractivity contribution is 0.219. The minimum atomic E-state index is -0.288. The second-order valence-corrected chi connectivity index (χ2v) is 7.80. The Bertz CT molecular complexity index is 1130. The fraction of sp³-hybridized carbons (Fsp3) is 0.364. The van der Waals surface area contributed by atoms with Crippen molar-refractivity contribution in [3.05, 3.63) is 54.1 Å². The molecule has 2 atom stereocenters. The van der Waals surface area contributed by atoms with Crippen molar-refractivity contribution in [2.45, 2.75) is 39.0 Å². The molecule has 2 aliphatic rings. The van der Waals surface area contributed by atoms with Gasteiger partial charge >= 0.3 is 0 Å². The number of anilines is 1. The monoisotopic (exact) mass is 409 g/mol. The van der Waals surface area contributed by atoms with Crippen LogP contribution in [-0.2, 0) is 6.54 Å². The third-order valence-corrected chi connectivity index (χ3v) is 5.68. The maximum Gasteiger partial charge on any atom is 0.180 e. The highest BCUT2D eigenvalue weighted by Crippen LogP contribution is 2.37. The van der Waals surface area contributed by atoms with Crippen molar-refractivity contribution < 1.29 is 13.9 Å². The lowest BCUT2D eigenvalue weighted by Gasteiger charge is -2.37. The van der Waals surface area contributed by atoms with Gasteiger partial charge in [-0.05, 0) is 31.5 Å². The van der Waals surface area contributed by atoms with Gasteiger partial charge in [-0.15, -0.1) is 0 Å². The van der Waals surface area contributed by atoms with Crippen LogP contribution in [-0.4, -0.2) is 39.9 Å². The summed E-state index contributed by atoms with van der Waals surface area (Å²) in [6, 6.07) is 4.78. The molecule has 0 spiro atoms. The van der Waals surface area contributed by atoms with Crippen molar-refractivity contribution in [3.63, 3.8) is 0 Å². The third-order valence-electron chi connectivity index (χ3n) is 5.68. The first-order valence-electron chi connectivity index (χ1n) is 10.2. The number of hydrogen-bond donors (Lipinski definition) is 1. The molecule has 156 valence electrons. The van der Waals surface area contributed by atoms with Gasteiger partial charge in [0.25, 0.3) is 0 Å². The summed E-state index contributed by atoms with van der Waals surface area (Å²) in [5.41, 5.74) is 3.03. The first-order chi connectivity index (χ1) is 14.5. The standard InChI is InChI=1S/C22H24FN5O2/c1-4-17-12-29-20-11-28-21-18(9-25-28)14(3)24-8-13(2)30-19-6-5-16(23)7-15(19)10-27(17)22(20)26-21/h5-7,9,11,13,17,24H,3-4,8,10,12H2,1-2H3/t13-,17+/m0/s1. The molecule has 0 fully saturated rings. The van der Waals surface area contributed by atoms with Gasteiger partial charge in [-0.2, -0.15) is 5.10 Å². The van der Waals surface area contributed by atoms with E-state index in [1.807, 2.05) is 13.1 Å². The maximum absolute atomic E-state index is 14.1. The lowest BCUT2D eigenvalue weighted by atomic mass is 10.1. The summed E-state index contributed by atoms with van der Waals surface area (Å²) in [6.07, 6.45) is 4.32. The van der Waals surface area contributed by atoms with Gasteiger partial charge in [0, 0.05) is 17.8 Å². The number of aromatic nitrogens is 3. The Balaban J connectivity index is 1.70. The third kappa shape index (κ3) is 3.12. The van der Waals surface area contributed by atoms with Crippen molar-refractivity contribution in [2.75, 3.05) is 18.1 Å². The Kier molecular flexibility index (Phi) is 4.49. The molecule has 1 N–H and O–H groups in total. The predicted molar refractivity (Wildman–Crippen MR) is 112 cm³/mol. The molecule has 30 heavy (non-hydrogen) atoms. The quantitative estimate of drug-likeness (QED) is 0.665. The van der Waals surface area contributed by atoms with Gasteiger partial charge in [0.15, 0.2) is 17.2 Å². The summed E-state index contributed by atoms with van der Waals surface area (Å²) in [5, 5.41) is 7.73. The molecule has 7 nitrogen and oxygen atoms in total. The molecule has 0 radical (unpaired) electrons. The largest absolute Gasteiger partial charge is 0.489 e. The van der Waals surface area contributed by atoms with Crippen LogP contribution in [0.5, 0.6) is 11.5 Å². The van der Waals surface area contributed by atoms with Crippen LogP contribution >= 0.6 is 0 Å². The van der Waals surface area contributed by atoms with Crippen molar-refractivity contribution in [3.8, 4) is 11.5 Å². The van der Waals surface area contributed by atoms with Gasteiger partial charge in [-0.1, -0.05) is 13.5 Å². The summed E-state index contributed by atoms with van der Waals surface area (Å²) in [4.78, 5) is 7.09. The van der Waals surface area contributed by atoms with Crippen LogP contribution in [0, 0.1) is 5.82 Å². The van der Waals surface area contributed by atoms with Crippen molar-refractivity contribution in [1.29, 1.82) is 0 Å². The molecule has 0 amide bonds. The number of hydrogen-bond acceptors (Lipinski definition) is 6. The van der Waals surface area contributed by atoms with E-state index in [2.05, 4.69) is 28.8 Å². The fourth-order valence-electron chi connectivity index (χ4n) is 3.99. The van der Waals surface area contributed by atoms with Gasteiger partial charge in [0.1, 0.15) is 24.3 Å². The van der Waals surface area contributed by atoms with Crippen LogP contribution in [0.15, 0.2) is 37.2 Å². The van der Waals surface area contributed by atoms with E-state index >= 15 is 0 Å². The fourth-order valence-corrected chi connectivity index (χ4v) is 3.99. The molecular formula is C22H24FN5O2. The lowest BCUT2D eigenvalue weighted by Crippen LogP contribution is -2.43. The summed E-state index contributed by atoms with van der Waals surface area (Å²) in [6.45, 7) is 9.78. The number of nitrogens with zero attached hydrogens (tertiary/aromatic N) is 4. The maximum atomic E-state index is 14.1. The first kappa shape index (κ1) is 18.7. The van der Waals surface area contributed by atoms with E-state index in [4.69, 9.17) is 14.5 Å². The second kappa shape index (κ2) is 7.19. The van der Waals surface area contributed by atoms with E-state index in [0.29, 0.717) is 36.8 Å². The van der Waals surface area contributed by atoms with E-state index in [1.165, 1.54) is 6.07 Å². The van der Waals surface area contributed by atoms with Gasteiger partial charge in [0.2, 0.25) is 0 Å². The van der Waals surface area contributed by atoms with E-state index in [0.717, 1.165) is 29.1 Å². The molecule has 3 aromatic rings. The van der Waals surface area contributed by atoms with Gasteiger partial charge < -0.3 is 19.7 Å². The Labute approximate surface area is 174 Å². The van der Waals surface area contributed by atoms with Crippen LogP contribution in [0.1, 0.15) is 31.4 Å². The van der Waals surface area contributed by atoms with Crippen molar-refractivity contribution in [2.24, 2.45) is 0 Å². The number of halogens is 1. The van der Waals surface area contributed by atoms with Gasteiger partial charge in [-0.3, -0.25) is 0 Å². The Morgan fingerprint density at radius 2 is 2.20 bits per heavy atom. The average molecular weight is 409 g/mol. The summed E-state index contributed by atoms with van der Waals surface area (Å²) >= 11 is 0.